The number of fused-ring (bicyclic) bond motifs is 1. The summed E-state index contributed by atoms with van der Waals surface area (Å²) in [7, 11) is 0. The van der Waals surface area contributed by atoms with Crippen LogP contribution in [-0.4, -0.2) is 5.91 Å². The lowest BCUT2D eigenvalue weighted by atomic mass is 9.94. The number of amides is 1. The highest BCUT2D eigenvalue weighted by molar-refractivity contribution is 6.01. The van der Waals surface area contributed by atoms with Gasteiger partial charge in [0.2, 0.25) is 5.91 Å². The summed E-state index contributed by atoms with van der Waals surface area (Å²) in [5.74, 6) is -0.207. The number of anilines is 1. The normalized spacial score (nSPS) is 13.2. The van der Waals surface area contributed by atoms with Gasteiger partial charge in [-0.15, -0.1) is 0 Å². The van der Waals surface area contributed by atoms with E-state index in [4.69, 9.17) is 0 Å². The predicted octanol–water partition coefficient (Wildman–Crippen LogP) is 3.86. The molecule has 0 bridgehead atoms. The first-order valence-electron chi connectivity index (χ1n) is 6.81. The molecule has 1 amide bonds. The average molecular weight is 269 g/mol. The van der Waals surface area contributed by atoms with Crippen LogP contribution in [0.25, 0.3) is 11.1 Å². The summed E-state index contributed by atoms with van der Waals surface area (Å²) in [6.07, 6.45) is 1.19. The van der Waals surface area contributed by atoms with Crippen molar-refractivity contribution in [3.8, 4) is 11.1 Å². The summed E-state index contributed by atoms with van der Waals surface area (Å²) in [6.45, 7) is 3.94. The Balaban J connectivity index is 2.22. The summed E-state index contributed by atoms with van der Waals surface area (Å²) in [6, 6.07) is 9.01. The second-order valence-electron chi connectivity index (χ2n) is 5.18. The molecule has 0 unspecified atom stereocenters. The Hall–Kier alpha value is -2.16. The predicted molar refractivity (Wildman–Crippen MR) is 78.3 cm³/mol. The van der Waals surface area contributed by atoms with Crippen LogP contribution >= 0.6 is 0 Å². The molecule has 102 valence electrons. The first-order valence-corrected chi connectivity index (χ1v) is 6.81. The lowest BCUT2D eigenvalue weighted by molar-refractivity contribution is -0.115. The summed E-state index contributed by atoms with van der Waals surface area (Å²) >= 11 is 0. The van der Waals surface area contributed by atoms with Crippen molar-refractivity contribution in [1.29, 1.82) is 0 Å². The van der Waals surface area contributed by atoms with E-state index in [-0.39, 0.29) is 11.7 Å². The summed E-state index contributed by atoms with van der Waals surface area (Å²) in [5.41, 5.74) is 5.33. The van der Waals surface area contributed by atoms with Crippen molar-refractivity contribution in [2.45, 2.75) is 26.7 Å². The zero-order chi connectivity index (χ0) is 14.3. The number of rotatable bonds is 2. The van der Waals surface area contributed by atoms with Gasteiger partial charge in [0.1, 0.15) is 5.82 Å². The molecule has 0 saturated heterocycles. The van der Waals surface area contributed by atoms with E-state index in [0.717, 1.165) is 34.4 Å². The van der Waals surface area contributed by atoms with Crippen LogP contribution in [0.2, 0.25) is 0 Å². The van der Waals surface area contributed by atoms with Gasteiger partial charge >= 0.3 is 0 Å². The summed E-state index contributed by atoms with van der Waals surface area (Å²) in [4.78, 5) is 11.6. The van der Waals surface area contributed by atoms with Crippen molar-refractivity contribution >= 4 is 11.6 Å². The van der Waals surface area contributed by atoms with E-state index in [2.05, 4.69) is 5.32 Å². The first kappa shape index (κ1) is 12.9. The van der Waals surface area contributed by atoms with Gasteiger partial charge in [-0.05, 0) is 53.8 Å². The van der Waals surface area contributed by atoms with Crippen molar-refractivity contribution in [3.05, 3.63) is 52.8 Å². The van der Waals surface area contributed by atoms with Crippen LogP contribution in [0.15, 0.2) is 30.3 Å². The van der Waals surface area contributed by atoms with Gasteiger partial charge in [0, 0.05) is 11.3 Å². The van der Waals surface area contributed by atoms with Gasteiger partial charge in [-0.3, -0.25) is 4.79 Å². The summed E-state index contributed by atoms with van der Waals surface area (Å²) in [5, 5.41) is 2.89. The molecule has 0 atom stereocenters. The molecule has 20 heavy (non-hydrogen) atoms. The second-order valence-corrected chi connectivity index (χ2v) is 5.18. The van der Waals surface area contributed by atoms with Crippen LogP contribution in [0.5, 0.6) is 0 Å². The van der Waals surface area contributed by atoms with Gasteiger partial charge in [-0.25, -0.2) is 4.39 Å². The number of hydrogen-bond acceptors (Lipinski definition) is 1. The van der Waals surface area contributed by atoms with Gasteiger partial charge in [-0.2, -0.15) is 0 Å². The molecule has 1 aliphatic rings. The monoisotopic (exact) mass is 269 g/mol. The SMILES string of the molecule is CCc1cc(-c2c(C)cccc2F)cc2c1NC(=O)C2. The molecule has 0 saturated carbocycles. The maximum atomic E-state index is 14.1. The van der Waals surface area contributed by atoms with Crippen molar-refractivity contribution in [1.82, 2.24) is 0 Å². The Morgan fingerprint density at radius 2 is 2.10 bits per heavy atom. The molecule has 2 aromatic carbocycles. The van der Waals surface area contributed by atoms with Crippen LogP contribution in [-0.2, 0) is 17.6 Å². The third-order valence-corrected chi connectivity index (χ3v) is 3.81. The molecule has 3 rings (SSSR count). The third-order valence-electron chi connectivity index (χ3n) is 3.81. The zero-order valence-electron chi connectivity index (χ0n) is 11.6. The maximum Gasteiger partial charge on any atom is 0.228 e. The first-order chi connectivity index (χ1) is 9.60. The van der Waals surface area contributed by atoms with E-state index < -0.39 is 0 Å². The van der Waals surface area contributed by atoms with Crippen molar-refractivity contribution < 1.29 is 9.18 Å². The highest BCUT2D eigenvalue weighted by Crippen LogP contribution is 2.35. The second kappa shape index (κ2) is 4.75. The Bertz CT molecular complexity index is 686. The van der Waals surface area contributed by atoms with Crippen LogP contribution in [0.3, 0.4) is 0 Å². The van der Waals surface area contributed by atoms with Crippen LogP contribution < -0.4 is 5.32 Å². The summed E-state index contributed by atoms with van der Waals surface area (Å²) < 4.78 is 14.1. The molecule has 1 heterocycles. The fourth-order valence-electron chi connectivity index (χ4n) is 2.84. The van der Waals surface area contributed by atoms with Crippen molar-refractivity contribution in [2.75, 3.05) is 5.32 Å². The number of halogens is 1. The Morgan fingerprint density at radius 1 is 1.30 bits per heavy atom. The molecule has 1 aliphatic heterocycles. The quantitative estimate of drug-likeness (QED) is 0.881. The van der Waals surface area contributed by atoms with Crippen molar-refractivity contribution in [3.63, 3.8) is 0 Å². The minimum Gasteiger partial charge on any atom is -0.325 e. The van der Waals surface area contributed by atoms with E-state index >= 15 is 0 Å². The highest BCUT2D eigenvalue weighted by Gasteiger charge is 2.22. The molecule has 1 N–H and O–H groups in total. The average Bonchev–Trinajstić information content (AvgIpc) is 2.77. The Labute approximate surface area is 117 Å². The fraction of sp³-hybridized carbons (Fsp3) is 0.235. The van der Waals surface area contributed by atoms with Gasteiger partial charge in [0.25, 0.3) is 0 Å². The Kier molecular flexibility index (Phi) is 3.05. The third kappa shape index (κ3) is 1.99. The molecule has 0 fully saturated rings. The molecular formula is C17H16FNO. The number of nitrogens with one attached hydrogen (secondary N) is 1. The highest BCUT2D eigenvalue weighted by atomic mass is 19.1. The van der Waals surface area contributed by atoms with E-state index in [0.29, 0.717) is 12.0 Å². The van der Waals surface area contributed by atoms with E-state index in [9.17, 15) is 9.18 Å². The molecule has 0 spiro atoms. The molecule has 0 aromatic heterocycles. The number of carbonyl (C=O) groups is 1. The minimum absolute atomic E-state index is 0.0112. The standard InChI is InChI=1S/C17H16FNO/c1-3-11-7-12(8-13-9-15(20)19-17(11)13)16-10(2)5-4-6-14(16)18/h4-8H,3,9H2,1-2H3,(H,19,20). The molecule has 3 heteroatoms. The van der Waals surface area contributed by atoms with E-state index in [1.165, 1.54) is 6.07 Å². The molecular weight excluding hydrogens is 253 g/mol. The lowest BCUT2D eigenvalue weighted by Gasteiger charge is -2.12. The zero-order valence-corrected chi connectivity index (χ0v) is 11.6. The van der Waals surface area contributed by atoms with Gasteiger partial charge < -0.3 is 5.32 Å². The van der Waals surface area contributed by atoms with Crippen LogP contribution in [0.1, 0.15) is 23.6 Å². The van der Waals surface area contributed by atoms with E-state index in [1.54, 1.807) is 6.07 Å². The fourth-order valence-corrected chi connectivity index (χ4v) is 2.84. The molecule has 2 nitrogen and oxygen atoms in total. The Morgan fingerprint density at radius 3 is 2.80 bits per heavy atom. The van der Waals surface area contributed by atoms with Gasteiger partial charge in [-0.1, -0.05) is 19.1 Å². The number of aryl methyl sites for hydroxylation is 2. The lowest BCUT2D eigenvalue weighted by Crippen LogP contribution is -2.04. The largest absolute Gasteiger partial charge is 0.325 e. The van der Waals surface area contributed by atoms with Crippen LogP contribution in [0.4, 0.5) is 10.1 Å². The van der Waals surface area contributed by atoms with Crippen LogP contribution in [0, 0.1) is 12.7 Å². The number of hydrogen-bond donors (Lipinski definition) is 1. The number of benzene rings is 2. The minimum atomic E-state index is -0.218. The topological polar surface area (TPSA) is 29.1 Å². The van der Waals surface area contributed by atoms with Gasteiger partial charge in [0.05, 0.1) is 6.42 Å². The molecule has 0 radical (unpaired) electrons. The van der Waals surface area contributed by atoms with Crippen molar-refractivity contribution in [2.24, 2.45) is 0 Å². The van der Waals surface area contributed by atoms with E-state index in [1.807, 2.05) is 32.0 Å². The molecule has 0 aliphatic carbocycles. The van der Waals surface area contributed by atoms with Gasteiger partial charge in [0.15, 0.2) is 0 Å². The maximum absolute atomic E-state index is 14.1. The molecule has 2 aromatic rings. The number of carbonyl (C=O) groups excluding carboxylic acids is 1. The smallest absolute Gasteiger partial charge is 0.228 e.